The van der Waals surface area contributed by atoms with E-state index in [0.29, 0.717) is 5.84 Å². The van der Waals surface area contributed by atoms with E-state index in [4.69, 9.17) is 5.11 Å². The molecule has 0 spiro atoms. The van der Waals surface area contributed by atoms with Crippen LogP contribution in [0.4, 0.5) is 0 Å². The Labute approximate surface area is 63.1 Å². The number of nitrogens with zero attached hydrogens (tertiary/aromatic N) is 1. The zero-order chi connectivity index (χ0) is 8.43. The minimum Gasteiger partial charge on any atom is -0.480 e. The van der Waals surface area contributed by atoms with E-state index in [2.05, 4.69) is 10.3 Å². The third-order valence-corrected chi connectivity index (χ3v) is 1.35. The Morgan fingerprint density at radius 3 is 2.91 bits per heavy atom. The lowest BCUT2D eigenvalue weighted by molar-refractivity contribution is -0.141. The second kappa shape index (κ2) is 2.69. The number of aliphatic imine (C=N–C) groups is 1. The molecule has 1 aliphatic heterocycles. The van der Waals surface area contributed by atoms with Gasteiger partial charge in [0.2, 0.25) is 5.91 Å². The number of rotatable bonds is 1. The number of aliphatic carboxylic acids is 1. The highest BCUT2D eigenvalue weighted by molar-refractivity contribution is 6.00. The molecular weight excluding hydrogens is 148 g/mol. The number of nitrogens with one attached hydrogen (secondary N) is 1. The Morgan fingerprint density at radius 1 is 1.82 bits per heavy atom. The van der Waals surface area contributed by atoms with Crippen molar-refractivity contribution in [3.8, 4) is 0 Å². The van der Waals surface area contributed by atoms with Crippen molar-refractivity contribution < 1.29 is 14.7 Å². The van der Waals surface area contributed by atoms with E-state index in [1.807, 2.05) is 0 Å². The van der Waals surface area contributed by atoms with Gasteiger partial charge in [-0.15, -0.1) is 0 Å². The molecule has 1 heterocycles. The molecule has 1 unspecified atom stereocenters. The fourth-order valence-electron chi connectivity index (χ4n) is 0.892. The van der Waals surface area contributed by atoms with Gasteiger partial charge in [-0.1, -0.05) is 0 Å². The van der Waals surface area contributed by atoms with Crippen LogP contribution in [-0.4, -0.2) is 28.9 Å². The van der Waals surface area contributed by atoms with E-state index in [1.54, 1.807) is 6.92 Å². The molecule has 5 heteroatoms. The van der Waals surface area contributed by atoms with Crippen molar-refractivity contribution >= 4 is 17.7 Å². The molecule has 11 heavy (non-hydrogen) atoms. The highest BCUT2D eigenvalue weighted by Gasteiger charge is 2.24. The third-order valence-electron chi connectivity index (χ3n) is 1.35. The molecule has 0 bridgehead atoms. The van der Waals surface area contributed by atoms with Gasteiger partial charge in [-0.05, 0) is 6.92 Å². The number of carboxylic acid groups (broad SMARTS) is 1. The van der Waals surface area contributed by atoms with Crippen LogP contribution in [0.1, 0.15) is 13.3 Å². The van der Waals surface area contributed by atoms with Crippen LogP contribution in [0.5, 0.6) is 0 Å². The molecule has 2 N–H and O–H groups in total. The molecular formula is C6H8N2O3. The summed E-state index contributed by atoms with van der Waals surface area (Å²) in [6.07, 6.45) is -0.0628. The Hall–Kier alpha value is -1.39. The molecule has 0 aromatic carbocycles. The van der Waals surface area contributed by atoms with Crippen LogP contribution >= 0.6 is 0 Å². The molecule has 5 nitrogen and oxygen atoms in total. The van der Waals surface area contributed by atoms with Gasteiger partial charge in [0.15, 0.2) is 0 Å². The van der Waals surface area contributed by atoms with Gasteiger partial charge in [0, 0.05) is 0 Å². The summed E-state index contributed by atoms with van der Waals surface area (Å²) in [5.41, 5.74) is 0. The van der Waals surface area contributed by atoms with Crippen LogP contribution < -0.4 is 5.32 Å². The number of amides is 1. The predicted octanol–water partition coefficient (Wildman–Crippen LogP) is -0.622. The summed E-state index contributed by atoms with van der Waals surface area (Å²) in [7, 11) is 0. The Balaban J connectivity index is 2.72. The normalized spacial score (nSPS) is 23.9. The molecule has 1 atom stereocenters. The van der Waals surface area contributed by atoms with E-state index >= 15 is 0 Å². The standard InChI is InChI=1S/C6H8N2O3/c1-3-7-4(6(10)11)2-5(9)8-3/h4H,2H2,1H3,(H,10,11)(H,7,8,9). The zero-order valence-electron chi connectivity index (χ0n) is 6.00. The van der Waals surface area contributed by atoms with E-state index in [-0.39, 0.29) is 12.3 Å². The molecule has 0 fully saturated rings. The molecule has 0 aromatic rings. The second-order valence-corrected chi connectivity index (χ2v) is 2.33. The van der Waals surface area contributed by atoms with Gasteiger partial charge >= 0.3 is 5.97 Å². The van der Waals surface area contributed by atoms with Crippen LogP contribution in [0.3, 0.4) is 0 Å². The third kappa shape index (κ3) is 1.76. The first-order valence-electron chi connectivity index (χ1n) is 3.17. The highest BCUT2D eigenvalue weighted by Crippen LogP contribution is 2.01. The lowest BCUT2D eigenvalue weighted by atomic mass is 10.2. The average molecular weight is 156 g/mol. The number of carbonyl (C=O) groups excluding carboxylic acids is 1. The number of carboxylic acids is 1. The summed E-state index contributed by atoms with van der Waals surface area (Å²) in [6, 6.07) is -0.806. The van der Waals surface area contributed by atoms with Crippen molar-refractivity contribution in [2.45, 2.75) is 19.4 Å². The van der Waals surface area contributed by atoms with E-state index in [0.717, 1.165) is 0 Å². The highest BCUT2D eigenvalue weighted by atomic mass is 16.4. The van der Waals surface area contributed by atoms with Gasteiger partial charge in [0.05, 0.1) is 6.42 Å². The maximum atomic E-state index is 10.7. The lowest BCUT2D eigenvalue weighted by Crippen LogP contribution is -2.44. The molecule has 1 amide bonds. The molecule has 1 rings (SSSR count). The van der Waals surface area contributed by atoms with E-state index < -0.39 is 12.0 Å². The minimum absolute atomic E-state index is 0.0628. The van der Waals surface area contributed by atoms with Crippen molar-refractivity contribution in [3.05, 3.63) is 0 Å². The summed E-state index contributed by atoms with van der Waals surface area (Å²) in [4.78, 5) is 24.6. The first-order valence-corrected chi connectivity index (χ1v) is 3.17. The first kappa shape index (κ1) is 7.71. The summed E-state index contributed by atoms with van der Waals surface area (Å²) in [6.45, 7) is 1.56. The largest absolute Gasteiger partial charge is 0.480 e. The average Bonchev–Trinajstić information content (AvgIpc) is 1.85. The van der Waals surface area contributed by atoms with E-state index in [1.165, 1.54) is 0 Å². The number of carbonyl (C=O) groups is 2. The summed E-state index contributed by atoms with van der Waals surface area (Å²) >= 11 is 0. The van der Waals surface area contributed by atoms with Gasteiger partial charge in [-0.2, -0.15) is 0 Å². The molecule has 0 radical (unpaired) electrons. The number of amidine groups is 1. The van der Waals surface area contributed by atoms with Crippen molar-refractivity contribution in [1.82, 2.24) is 5.32 Å². The Kier molecular flexibility index (Phi) is 1.89. The van der Waals surface area contributed by atoms with Gasteiger partial charge in [0.25, 0.3) is 0 Å². The molecule has 0 saturated heterocycles. The maximum absolute atomic E-state index is 10.7. The quantitative estimate of drug-likeness (QED) is 0.530. The van der Waals surface area contributed by atoms with E-state index in [9.17, 15) is 9.59 Å². The summed E-state index contributed by atoms with van der Waals surface area (Å²) in [5, 5.41) is 11.1. The molecule has 0 aliphatic carbocycles. The van der Waals surface area contributed by atoms with Crippen LogP contribution in [-0.2, 0) is 9.59 Å². The number of hydrogen-bond donors (Lipinski definition) is 2. The van der Waals surface area contributed by atoms with Crippen LogP contribution in [0.2, 0.25) is 0 Å². The fraction of sp³-hybridized carbons (Fsp3) is 0.500. The topological polar surface area (TPSA) is 78.8 Å². The van der Waals surface area contributed by atoms with Gasteiger partial charge in [-0.3, -0.25) is 4.79 Å². The van der Waals surface area contributed by atoms with Crippen LogP contribution in [0, 0.1) is 0 Å². The van der Waals surface area contributed by atoms with Crippen LogP contribution in [0.25, 0.3) is 0 Å². The van der Waals surface area contributed by atoms with Gasteiger partial charge in [-0.25, -0.2) is 9.79 Å². The zero-order valence-corrected chi connectivity index (χ0v) is 6.00. The molecule has 0 saturated carbocycles. The van der Waals surface area contributed by atoms with Crippen molar-refractivity contribution in [1.29, 1.82) is 0 Å². The predicted molar refractivity (Wildman–Crippen MR) is 37.3 cm³/mol. The lowest BCUT2D eigenvalue weighted by Gasteiger charge is -2.17. The molecule has 60 valence electrons. The smallest absolute Gasteiger partial charge is 0.326 e. The second-order valence-electron chi connectivity index (χ2n) is 2.33. The minimum atomic E-state index is -1.02. The monoisotopic (exact) mass is 156 g/mol. The van der Waals surface area contributed by atoms with Crippen molar-refractivity contribution in [2.24, 2.45) is 4.99 Å². The van der Waals surface area contributed by atoms with Crippen LogP contribution in [0.15, 0.2) is 4.99 Å². The first-order chi connectivity index (χ1) is 5.09. The maximum Gasteiger partial charge on any atom is 0.326 e. The SMILES string of the molecule is CC1=NC(=O)CC(C(=O)O)N1. The summed E-state index contributed by atoms with van der Waals surface area (Å²) in [5.74, 6) is -1.03. The summed E-state index contributed by atoms with van der Waals surface area (Å²) < 4.78 is 0. The van der Waals surface area contributed by atoms with Crippen molar-refractivity contribution in [2.75, 3.05) is 0 Å². The van der Waals surface area contributed by atoms with Gasteiger partial charge < -0.3 is 10.4 Å². The number of hydrogen-bond acceptors (Lipinski definition) is 3. The Bertz CT molecular complexity index is 234. The molecule has 1 aliphatic rings. The van der Waals surface area contributed by atoms with Crippen molar-refractivity contribution in [3.63, 3.8) is 0 Å². The van der Waals surface area contributed by atoms with Gasteiger partial charge in [0.1, 0.15) is 11.9 Å². The fourth-order valence-corrected chi connectivity index (χ4v) is 0.892. The molecule has 0 aromatic heterocycles. The Morgan fingerprint density at radius 2 is 2.45 bits per heavy atom.